The number of aliphatic hydroxyl groups is 2. The maximum absolute atomic E-state index is 10.9. The molecule has 0 aromatic carbocycles. The Balaban J connectivity index is 4.02. The van der Waals surface area contributed by atoms with Crippen LogP contribution in [-0.2, 0) is 0 Å². The first kappa shape index (κ1) is 7.67. The van der Waals surface area contributed by atoms with E-state index in [9.17, 15) is 13.2 Å². The minimum absolute atomic E-state index is 3.80. The van der Waals surface area contributed by atoms with E-state index < -0.39 is 12.1 Å². The summed E-state index contributed by atoms with van der Waals surface area (Å²) >= 11 is 0. The van der Waals surface area contributed by atoms with E-state index in [0.717, 1.165) is 0 Å². The standard InChI is InChI=1S/C2H4F3NO2/c3-1(4,5)2(6,7)8/h7-8H,6H2. The summed E-state index contributed by atoms with van der Waals surface area (Å²) in [5.74, 6) is -4.06. The minimum atomic E-state index is -5.17. The molecule has 0 bridgehead atoms. The largest absolute Gasteiger partial charge is 0.458 e. The topological polar surface area (TPSA) is 66.5 Å². The SMILES string of the molecule is NC(O)(O)C(F)(F)F. The Morgan fingerprint density at radius 1 is 1.12 bits per heavy atom. The van der Waals surface area contributed by atoms with Crippen LogP contribution >= 0.6 is 0 Å². The van der Waals surface area contributed by atoms with E-state index in [0.29, 0.717) is 0 Å². The van der Waals surface area contributed by atoms with Gasteiger partial charge in [-0.2, -0.15) is 13.2 Å². The number of alkyl halides is 3. The van der Waals surface area contributed by atoms with Crippen molar-refractivity contribution in [2.24, 2.45) is 5.73 Å². The van der Waals surface area contributed by atoms with Crippen molar-refractivity contribution in [2.45, 2.75) is 12.1 Å². The number of halogens is 3. The summed E-state index contributed by atoms with van der Waals surface area (Å²) in [6, 6.07) is 0. The van der Waals surface area contributed by atoms with E-state index in [1.165, 1.54) is 0 Å². The minimum Gasteiger partial charge on any atom is -0.347 e. The fraction of sp³-hybridized carbons (Fsp3) is 1.00. The molecule has 0 atom stereocenters. The van der Waals surface area contributed by atoms with E-state index >= 15 is 0 Å². The van der Waals surface area contributed by atoms with Crippen LogP contribution in [0.3, 0.4) is 0 Å². The van der Waals surface area contributed by atoms with E-state index in [2.05, 4.69) is 5.73 Å². The molecular weight excluding hydrogens is 127 g/mol. The zero-order valence-electron chi connectivity index (χ0n) is 3.61. The molecule has 0 fully saturated rings. The van der Waals surface area contributed by atoms with Gasteiger partial charge in [0, 0.05) is 0 Å². The molecule has 0 aliphatic rings. The van der Waals surface area contributed by atoms with Crippen LogP contribution in [0.4, 0.5) is 13.2 Å². The first-order chi connectivity index (χ1) is 3.25. The molecule has 3 nitrogen and oxygen atoms in total. The summed E-state index contributed by atoms with van der Waals surface area (Å²) in [6.45, 7) is 0. The van der Waals surface area contributed by atoms with Crippen LogP contribution in [0.5, 0.6) is 0 Å². The zero-order chi connectivity index (χ0) is 7.00. The van der Waals surface area contributed by atoms with Crippen molar-refractivity contribution in [3.05, 3.63) is 0 Å². The first-order valence-electron chi connectivity index (χ1n) is 1.55. The molecule has 0 saturated heterocycles. The van der Waals surface area contributed by atoms with Crippen molar-refractivity contribution in [3.8, 4) is 0 Å². The monoisotopic (exact) mass is 131 g/mol. The Hall–Kier alpha value is -0.330. The summed E-state index contributed by atoms with van der Waals surface area (Å²) in [4.78, 5) is 0. The number of nitrogens with two attached hydrogens (primary N) is 1. The Kier molecular flexibility index (Phi) is 1.51. The maximum Gasteiger partial charge on any atom is 0.458 e. The van der Waals surface area contributed by atoms with Crippen LogP contribution in [0.2, 0.25) is 0 Å². The zero-order valence-corrected chi connectivity index (χ0v) is 3.61. The van der Waals surface area contributed by atoms with E-state index in [1.54, 1.807) is 0 Å². The van der Waals surface area contributed by atoms with Crippen molar-refractivity contribution >= 4 is 0 Å². The molecular formula is C2H4F3NO2. The molecule has 0 aliphatic heterocycles. The quantitative estimate of drug-likeness (QED) is 0.375. The highest BCUT2D eigenvalue weighted by molar-refractivity contribution is 4.63. The number of hydrogen-bond donors (Lipinski definition) is 3. The van der Waals surface area contributed by atoms with Gasteiger partial charge in [-0.1, -0.05) is 0 Å². The summed E-state index contributed by atoms with van der Waals surface area (Å²) in [5.41, 5.74) is 3.80. The lowest BCUT2D eigenvalue weighted by molar-refractivity contribution is -0.345. The molecule has 0 aromatic rings. The molecule has 0 saturated carbocycles. The Labute approximate surface area is 42.5 Å². The Bertz CT molecular complexity index is 70.3. The lowest BCUT2D eigenvalue weighted by atomic mass is 10.5. The molecule has 0 aliphatic carbocycles. The molecule has 0 spiro atoms. The summed E-state index contributed by atoms with van der Waals surface area (Å²) < 4.78 is 32.8. The molecule has 0 radical (unpaired) electrons. The van der Waals surface area contributed by atoms with Crippen LogP contribution in [0, 0.1) is 0 Å². The fourth-order valence-corrected chi connectivity index (χ4v) is 0. The summed E-state index contributed by atoms with van der Waals surface area (Å²) in [7, 11) is 0. The highest BCUT2D eigenvalue weighted by Gasteiger charge is 2.50. The van der Waals surface area contributed by atoms with Gasteiger partial charge in [-0.25, -0.2) is 0 Å². The molecule has 4 N–H and O–H groups in total. The van der Waals surface area contributed by atoms with Gasteiger partial charge in [-0.3, -0.25) is 5.73 Å². The molecule has 50 valence electrons. The predicted octanol–water partition coefficient (Wildman–Crippen LogP) is -0.854. The van der Waals surface area contributed by atoms with E-state index in [1.807, 2.05) is 0 Å². The summed E-state index contributed by atoms with van der Waals surface area (Å²) in [6.07, 6.45) is -5.17. The van der Waals surface area contributed by atoms with Gasteiger partial charge < -0.3 is 10.2 Å². The molecule has 0 unspecified atom stereocenters. The van der Waals surface area contributed by atoms with Gasteiger partial charge >= 0.3 is 12.1 Å². The van der Waals surface area contributed by atoms with Crippen molar-refractivity contribution < 1.29 is 23.4 Å². The second-order valence-electron chi connectivity index (χ2n) is 1.22. The van der Waals surface area contributed by atoms with E-state index in [4.69, 9.17) is 10.2 Å². The van der Waals surface area contributed by atoms with Crippen LogP contribution in [0.1, 0.15) is 0 Å². The van der Waals surface area contributed by atoms with Crippen LogP contribution in [0.15, 0.2) is 0 Å². The van der Waals surface area contributed by atoms with Crippen molar-refractivity contribution in [3.63, 3.8) is 0 Å². The van der Waals surface area contributed by atoms with Gasteiger partial charge in [-0.15, -0.1) is 0 Å². The third-order valence-corrected chi connectivity index (χ3v) is 0.417. The molecule has 0 amide bonds. The third-order valence-electron chi connectivity index (χ3n) is 0.417. The van der Waals surface area contributed by atoms with Crippen LogP contribution in [0.25, 0.3) is 0 Å². The van der Waals surface area contributed by atoms with Gasteiger partial charge in [0.2, 0.25) is 0 Å². The lowest BCUT2D eigenvalue weighted by Crippen LogP contribution is -2.53. The Morgan fingerprint density at radius 2 is 1.25 bits per heavy atom. The average Bonchev–Trinajstić information content (AvgIpc) is 1.25. The lowest BCUT2D eigenvalue weighted by Gasteiger charge is -2.17. The van der Waals surface area contributed by atoms with Gasteiger partial charge in [-0.05, 0) is 0 Å². The highest BCUT2D eigenvalue weighted by Crippen LogP contribution is 2.22. The second-order valence-corrected chi connectivity index (χ2v) is 1.22. The predicted molar refractivity (Wildman–Crippen MR) is 17.4 cm³/mol. The number of rotatable bonds is 0. The average molecular weight is 131 g/mol. The fourth-order valence-electron chi connectivity index (χ4n) is 0. The number of hydrogen-bond acceptors (Lipinski definition) is 3. The maximum atomic E-state index is 10.9. The van der Waals surface area contributed by atoms with Gasteiger partial charge in [0.05, 0.1) is 0 Å². The van der Waals surface area contributed by atoms with Crippen LogP contribution < -0.4 is 5.73 Å². The second kappa shape index (κ2) is 1.57. The van der Waals surface area contributed by atoms with Gasteiger partial charge in [0.25, 0.3) is 0 Å². The van der Waals surface area contributed by atoms with Gasteiger partial charge in [0.1, 0.15) is 0 Å². The van der Waals surface area contributed by atoms with E-state index in [-0.39, 0.29) is 0 Å². The Morgan fingerprint density at radius 3 is 1.25 bits per heavy atom. The van der Waals surface area contributed by atoms with Crippen LogP contribution in [-0.4, -0.2) is 22.3 Å². The summed E-state index contributed by atoms with van der Waals surface area (Å²) in [5, 5.41) is 15.1. The molecule has 6 heteroatoms. The van der Waals surface area contributed by atoms with Crippen molar-refractivity contribution in [2.75, 3.05) is 0 Å². The van der Waals surface area contributed by atoms with Crippen molar-refractivity contribution in [1.82, 2.24) is 0 Å². The normalized spacial score (nSPS) is 14.2. The first-order valence-corrected chi connectivity index (χ1v) is 1.55. The smallest absolute Gasteiger partial charge is 0.347 e. The molecule has 0 heterocycles. The highest BCUT2D eigenvalue weighted by atomic mass is 19.4. The van der Waals surface area contributed by atoms with Crippen molar-refractivity contribution in [1.29, 1.82) is 0 Å². The molecule has 8 heavy (non-hydrogen) atoms. The molecule has 0 aromatic heterocycles. The molecule has 0 rings (SSSR count). The van der Waals surface area contributed by atoms with Gasteiger partial charge in [0.15, 0.2) is 0 Å². The third kappa shape index (κ3) is 1.65.